The number of rotatable bonds is 8. The molecular formula is C20H22BrN3O3. The molecule has 0 spiro atoms. The Balaban J connectivity index is 2.13. The molecule has 0 heterocycles. The zero-order chi connectivity index (χ0) is 19.8. The van der Waals surface area contributed by atoms with Crippen molar-refractivity contribution in [3.8, 4) is 0 Å². The molecule has 7 heteroatoms. The molecular weight excluding hydrogens is 410 g/mol. The van der Waals surface area contributed by atoms with E-state index in [2.05, 4.69) is 26.6 Å². The van der Waals surface area contributed by atoms with Crippen molar-refractivity contribution in [3.05, 3.63) is 70.2 Å². The van der Waals surface area contributed by atoms with Crippen LogP contribution in [0.3, 0.4) is 0 Å². The number of hydrogen-bond acceptors (Lipinski definition) is 3. The van der Waals surface area contributed by atoms with Crippen LogP contribution in [-0.2, 0) is 27.2 Å². The summed E-state index contributed by atoms with van der Waals surface area (Å²) >= 11 is 3.42. The number of primary amides is 1. The molecule has 0 fully saturated rings. The summed E-state index contributed by atoms with van der Waals surface area (Å²) in [7, 11) is 0. The van der Waals surface area contributed by atoms with Gasteiger partial charge in [0, 0.05) is 24.2 Å². The van der Waals surface area contributed by atoms with E-state index in [9.17, 15) is 14.4 Å². The Morgan fingerprint density at radius 1 is 0.926 bits per heavy atom. The van der Waals surface area contributed by atoms with Crippen molar-refractivity contribution in [2.24, 2.45) is 5.73 Å². The maximum absolute atomic E-state index is 12.7. The van der Waals surface area contributed by atoms with Crippen LogP contribution in [0, 0.1) is 0 Å². The van der Waals surface area contributed by atoms with Gasteiger partial charge in [-0.3, -0.25) is 14.4 Å². The minimum Gasteiger partial charge on any atom is -0.368 e. The van der Waals surface area contributed by atoms with Gasteiger partial charge in [-0.1, -0.05) is 64.5 Å². The van der Waals surface area contributed by atoms with Crippen molar-refractivity contribution in [2.45, 2.75) is 31.8 Å². The fourth-order valence-corrected chi connectivity index (χ4v) is 3.13. The topological polar surface area (TPSA) is 101 Å². The summed E-state index contributed by atoms with van der Waals surface area (Å²) in [5, 5.41) is 5.30. The van der Waals surface area contributed by atoms with E-state index in [4.69, 9.17) is 5.73 Å². The Kier molecular flexibility index (Phi) is 7.55. The van der Waals surface area contributed by atoms with Crippen molar-refractivity contribution in [2.75, 3.05) is 0 Å². The maximum atomic E-state index is 12.7. The lowest BCUT2D eigenvalue weighted by molar-refractivity contribution is -0.130. The fraction of sp³-hybridized carbons (Fsp3) is 0.250. The van der Waals surface area contributed by atoms with Crippen LogP contribution in [0.15, 0.2) is 59.1 Å². The molecule has 0 radical (unpaired) electrons. The van der Waals surface area contributed by atoms with Crippen LogP contribution in [0.5, 0.6) is 0 Å². The second-order valence-electron chi connectivity index (χ2n) is 6.20. The summed E-state index contributed by atoms with van der Waals surface area (Å²) in [6.07, 6.45) is 0.563. The summed E-state index contributed by atoms with van der Waals surface area (Å²) in [5.74, 6) is -1.42. The second-order valence-corrected chi connectivity index (χ2v) is 7.06. The molecule has 0 aliphatic rings. The first-order chi connectivity index (χ1) is 12.9. The molecule has 0 aliphatic carbocycles. The number of benzene rings is 2. The zero-order valence-corrected chi connectivity index (χ0v) is 16.5. The molecule has 27 heavy (non-hydrogen) atoms. The van der Waals surface area contributed by atoms with Gasteiger partial charge in [0.1, 0.15) is 12.1 Å². The van der Waals surface area contributed by atoms with Gasteiger partial charge >= 0.3 is 0 Å². The number of halogens is 1. The molecule has 2 aromatic rings. The van der Waals surface area contributed by atoms with E-state index in [1.807, 2.05) is 54.6 Å². The van der Waals surface area contributed by atoms with Crippen molar-refractivity contribution < 1.29 is 14.4 Å². The molecule has 0 aromatic heterocycles. The summed E-state index contributed by atoms with van der Waals surface area (Å²) in [6, 6.07) is 15.0. The monoisotopic (exact) mass is 431 g/mol. The van der Waals surface area contributed by atoms with Crippen LogP contribution in [0.1, 0.15) is 18.1 Å². The average molecular weight is 432 g/mol. The third-order valence-electron chi connectivity index (χ3n) is 4.02. The molecule has 0 aliphatic heterocycles. The summed E-state index contributed by atoms with van der Waals surface area (Å²) in [4.78, 5) is 36.1. The number of carbonyl (C=O) groups is 3. The lowest BCUT2D eigenvalue weighted by Crippen LogP contribution is -2.54. The lowest BCUT2D eigenvalue weighted by Gasteiger charge is -2.22. The Bertz CT molecular complexity index is 811. The molecule has 6 nitrogen and oxygen atoms in total. The molecule has 2 aromatic carbocycles. The first-order valence-electron chi connectivity index (χ1n) is 8.51. The summed E-state index contributed by atoms with van der Waals surface area (Å²) in [6.45, 7) is 1.35. The van der Waals surface area contributed by atoms with Gasteiger partial charge < -0.3 is 16.4 Å². The van der Waals surface area contributed by atoms with Crippen LogP contribution in [0.2, 0.25) is 0 Å². The molecule has 2 rings (SSSR count). The predicted octanol–water partition coefficient (Wildman–Crippen LogP) is 1.71. The maximum Gasteiger partial charge on any atom is 0.243 e. The van der Waals surface area contributed by atoms with E-state index in [-0.39, 0.29) is 12.3 Å². The van der Waals surface area contributed by atoms with Gasteiger partial charge in [-0.15, -0.1) is 0 Å². The van der Waals surface area contributed by atoms with Crippen LogP contribution in [0.4, 0.5) is 0 Å². The Labute approximate surface area is 166 Å². The number of carbonyl (C=O) groups excluding carboxylic acids is 3. The zero-order valence-electron chi connectivity index (χ0n) is 14.9. The third-order valence-corrected chi connectivity index (χ3v) is 4.79. The number of hydrogen-bond donors (Lipinski definition) is 3. The van der Waals surface area contributed by atoms with E-state index < -0.39 is 23.9 Å². The Hall–Kier alpha value is -2.67. The Morgan fingerprint density at radius 3 is 2.15 bits per heavy atom. The van der Waals surface area contributed by atoms with Crippen molar-refractivity contribution in [1.29, 1.82) is 0 Å². The number of nitrogens with one attached hydrogen (secondary N) is 2. The van der Waals surface area contributed by atoms with E-state index in [1.165, 1.54) is 6.92 Å². The standard InChI is InChI=1S/C20H22BrN3O3/c1-13(25)23-18(11-14-7-3-2-4-8-14)20(27)24-17(19(22)26)12-15-9-5-6-10-16(15)21/h2-10,17-18H,11-12H2,1H3,(H2,22,26)(H,23,25)(H,24,27)/t17-,18+/m0/s1. The van der Waals surface area contributed by atoms with Crippen LogP contribution >= 0.6 is 15.9 Å². The van der Waals surface area contributed by atoms with Crippen LogP contribution in [0.25, 0.3) is 0 Å². The number of nitrogens with two attached hydrogens (primary N) is 1. The van der Waals surface area contributed by atoms with Crippen LogP contribution in [-0.4, -0.2) is 29.8 Å². The highest BCUT2D eigenvalue weighted by molar-refractivity contribution is 9.10. The molecule has 0 saturated carbocycles. The minimum absolute atomic E-state index is 0.251. The van der Waals surface area contributed by atoms with Crippen molar-refractivity contribution in [1.82, 2.24) is 10.6 Å². The highest BCUT2D eigenvalue weighted by atomic mass is 79.9. The smallest absolute Gasteiger partial charge is 0.243 e. The SMILES string of the molecule is CC(=O)N[C@H](Cc1ccccc1)C(=O)N[C@@H](Cc1ccccc1Br)C(N)=O. The number of amides is 3. The fourth-order valence-electron chi connectivity index (χ4n) is 2.68. The molecule has 142 valence electrons. The molecule has 4 N–H and O–H groups in total. The van der Waals surface area contributed by atoms with Gasteiger partial charge in [-0.25, -0.2) is 0 Å². The first-order valence-corrected chi connectivity index (χ1v) is 9.30. The van der Waals surface area contributed by atoms with Gasteiger partial charge in [0.2, 0.25) is 17.7 Å². The van der Waals surface area contributed by atoms with Gasteiger partial charge in [0.05, 0.1) is 0 Å². The Morgan fingerprint density at radius 2 is 1.56 bits per heavy atom. The first kappa shape index (κ1) is 20.6. The quantitative estimate of drug-likeness (QED) is 0.592. The van der Waals surface area contributed by atoms with Crippen LogP contribution < -0.4 is 16.4 Å². The molecule has 0 unspecified atom stereocenters. The highest BCUT2D eigenvalue weighted by Crippen LogP contribution is 2.17. The normalized spacial score (nSPS) is 12.7. The van der Waals surface area contributed by atoms with Gasteiger partial charge in [0.15, 0.2) is 0 Å². The summed E-state index contributed by atoms with van der Waals surface area (Å²) in [5.41, 5.74) is 7.22. The van der Waals surface area contributed by atoms with E-state index in [0.717, 1.165) is 15.6 Å². The summed E-state index contributed by atoms with van der Waals surface area (Å²) < 4.78 is 0.827. The average Bonchev–Trinajstić information content (AvgIpc) is 2.62. The van der Waals surface area contributed by atoms with Crippen molar-refractivity contribution in [3.63, 3.8) is 0 Å². The molecule has 0 bridgehead atoms. The second kappa shape index (κ2) is 9.87. The molecule has 2 atom stereocenters. The molecule has 0 saturated heterocycles. The minimum atomic E-state index is -0.886. The third kappa shape index (κ3) is 6.53. The van der Waals surface area contributed by atoms with Gasteiger partial charge in [-0.2, -0.15) is 0 Å². The van der Waals surface area contributed by atoms with Gasteiger partial charge in [0.25, 0.3) is 0 Å². The predicted molar refractivity (Wildman–Crippen MR) is 107 cm³/mol. The van der Waals surface area contributed by atoms with Crippen molar-refractivity contribution >= 4 is 33.7 Å². The largest absolute Gasteiger partial charge is 0.368 e. The van der Waals surface area contributed by atoms with E-state index in [1.54, 1.807) is 0 Å². The lowest BCUT2D eigenvalue weighted by atomic mass is 10.0. The van der Waals surface area contributed by atoms with E-state index in [0.29, 0.717) is 6.42 Å². The van der Waals surface area contributed by atoms with E-state index >= 15 is 0 Å². The van der Waals surface area contributed by atoms with Gasteiger partial charge in [-0.05, 0) is 17.2 Å². The molecule has 3 amide bonds. The highest BCUT2D eigenvalue weighted by Gasteiger charge is 2.25.